The normalized spacial score (nSPS) is 12.5. The molecule has 7 nitrogen and oxygen atoms in total. The topological polar surface area (TPSA) is 79.9 Å². The van der Waals surface area contributed by atoms with Crippen LogP contribution < -0.4 is 15.8 Å². The van der Waals surface area contributed by atoms with E-state index in [1.807, 2.05) is 61.5 Å². The smallest absolute Gasteiger partial charge is 0.327 e. The molecular formula is C22H27N3O4. The summed E-state index contributed by atoms with van der Waals surface area (Å²) >= 11 is 0. The fourth-order valence-electron chi connectivity index (χ4n) is 2.60. The van der Waals surface area contributed by atoms with Gasteiger partial charge >= 0.3 is 5.97 Å². The van der Waals surface area contributed by atoms with Crippen LogP contribution in [0.4, 0.5) is 5.69 Å². The van der Waals surface area contributed by atoms with E-state index in [0.717, 1.165) is 11.3 Å². The van der Waals surface area contributed by atoms with Crippen LogP contribution in [-0.2, 0) is 20.9 Å². The minimum Gasteiger partial charge on any atom is -0.468 e. The highest BCUT2D eigenvalue weighted by molar-refractivity contribution is 5.94. The zero-order valence-corrected chi connectivity index (χ0v) is 16.9. The molecule has 0 aliphatic heterocycles. The Morgan fingerprint density at radius 1 is 1.10 bits per heavy atom. The maximum Gasteiger partial charge on any atom is 0.327 e. The monoisotopic (exact) mass is 397 g/mol. The highest BCUT2D eigenvalue weighted by Crippen LogP contribution is 2.12. The molecular weight excluding hydrogens is 370 g/mol. The first-order valence-corrected chi connectivity index (χ1v) is 9.15. The molecule has 2 aromatic rings. The highest BCUT2D eigenvalue weighted by atomic mass is 16.5. The molecule has 154 valence electrons. The van der Waals surface area contributed by atoms with Crippen LogP contribution in [0.1, 0.15) is 15.9 Å². The quantitative estimate of drug-likeness (QED) is 0.364. The van der Waals surface area contributed by atoms with Gasteiger partial charge in [-0.1, -0.05) is 36.4 Å². The summed E-state index contributed by atoms with van der Waals surface area (Å²) in [6.45, 7) is 4.02. The van der Waals surface area contributed by atoms with Crippen LogP contribution in [0.5, 0.6) is 0 Å². The Morgan fingerprint density at radius 2 is 1.76 bits per heavy atom. The number of ether oxygens (including phenoxy) is 2. The van der Waals surface area contributed by atoms with Gasteiger partial charge in [-0.15, -0.1) is 6.58 Å². The predicted octanol–water partition coefficient (Wildman–Crippen LogP) is 2.30. The molecule has 2 rings (SSSR count). The molecule has 2 aromatic carbocycles. The minimum atomic E-state index is -0.953. The van der Waals surface area contributed by atoms with Crippen LogP contribution in [0.3, 0.4) is 0 Å². The number of rotatable bonds is 10. The van der Waals surface area contributed by atoms with E-state index in [-0.39, 0.29) is 12.5 Å². The maximum atomic E-state index is 12.4. The van der Waals surface area contributed by atoms with E-state index < -0.39 is 18.1 Å². The van der Waals surface area contributed by atoms with Gasteiger partial charge in [0.2, 0.25) is 0 Å². The average Bonchev–Trinajstić information content (AvgIpc) is 2.76. The lowest BCUT2D eigenvalue weighted by Gasteiger charge is -2.24. The lowest BCUT2D eigenvalue weighted by molar-refractivity contribution is -0.147. The Morgan fingerprint density at radius 3 is 2.31 bits per heavy atom. The summed E-state index contributed by atoms with van der Waals surface area (Å²) in [5.74, 6) is -0.957. The number of anilines is 1. The van der Waals surface area contributed by atoms with Crippen LogP contribution in [0, 0.1) is 0 Å². The number of benzene rings is 2. The number of amides is 1. The number of carbonyl (C=O) groups excluding carboxylic acids is 2. The molecule has 0 fully saturated rings. The summed E-state index contributed by atoms with van der Waals surface area (Å²) in [4.78, 5) is 26.6. The van der Waals surface area contributed by atoms with Crippen LogP contribution >= 0.6 is 0 Å². The zero-order valence-electron chi connectivity index (χ0n) is 16.9. The zero-order chi connectivity index (χ0) is 21.2. The number of nitrogens with one attached hydrogen (secondary N) is 2. The van der Waals surface area contributed by atoms with E-state index >= 15 is 0 Å². The molecule has 0 aromatic heterocycles. The van der Waals surface area contributed by atoms with Crippen molar-refractivity contribution in [1.82, 2.24) is 10.9 Å². The summed E-state index contributed by atoms with van der Waals surface area (Å²) in [7, 11) is 5.11. The van der Waals surface area contributed by atoms with Gasteiger partial charge < -0.3 is 14.4 Å². The number of carbonyl (C=O) groups is 2. The van der Waals surface area contributed by atoms with E-state index in [0.29, 0.717) is 5.56 Å². The molecule has 7 heteroatoms. The van der Waals surface area contributed by atoms with Crippen molar-refractivity contribution in [3.63, 3.8) is 0 Å². The van der Waals surface area contributed by atoms with Crippen molar-refractivity contribution in [2.45, 2.75) is 18.8 Å². The molecule has 0 saturated heterocycles. The molecule has 0 unspecified atom stereocenters. The lowest BCUT2D eigenvalue weighted by atomic mass is 10.1. The van der Waals surface area contributed by atoms with E-state index in [9.17, 15) is 9.59 Å². The molecule has 2 N–H and O–H groups in total. The van der Waals surface area contributed by atoms with Gasteiger partial charge in [0.15, 0.2) is 6.04 Å². The first kappa shape index (κ1) is 22.1. The molecule has 0 aliphatic rings. The van der Waals surface area contributed by atoms with Crippen LogP contribution in [0.2, 0.25) is 0 Å². The van der Waals surface area contributed by atoms with Crippen molar-refractivity contribution in [1.29, 1.82) is 0 Å². The average molecular weight is 397 g/mol. The number of esters is 1. The van der Waals surface area contributed by atoms with Gasteiger partial charge in [0.05, 0.1) is 13.7 Å². The predicted molar refractivity (Wildman–Crippen MR) is 112 cm³/mol. The molecule has 0 saturated carbocycles. The van der Waals surface area contributed by atoms with Crippen LogP contribution in [0.25, 0.3) is 0 Å². The van der Waals surface area contributed by atoms with Crippen LogP contribution in [-0.4, -0.2) is 45.2 Å². The van der Waals surface area contributed by atoms with Gasteiger partial charge in [-0.3, -0.25) is 15.0 Å². The summed E-state index contributed by atoms with van der Waals surface area (Å²) in [6.07, 6.45) is 0.786. The van der Waals surface area contributed by atoms with Gasteiger partial charge in [0.25, 0.3) is 5.91 Å². The van der Waals surface area contributed by atoms with Crippen molar-refractivity contribution in [2.24, 2.45) is 0 Å². The van der Waals surface area contributed by atoms with E-state index in [4.69, 9.17) is 9.47 Å². The SMILES string of the molecule is C=C[C@@H](OCc1ccccc1)[C@@H](NNC(=O)c1ccc(N(C)C)cc1)C(=O)OC. The Hall–Kier alpha value is -3.16. The van der Waals surface area contributed by atoms with Crippen molar-refractivity contribution < 1.29 is 19.1 Å². The highest BCUT2D eigenvalue weighted by Gasteiger charge is 2.28. The van der Waals surface area contributed by atoms with E-state index in [1.165, 1.54) is 13.2 Å². The second-order valence-electron chi connectivity index (χ2n) is 6.54. The molecule has 0 heterocycles. The van der Waals surface area contributed by atoms with Gasteiger partial charge in [-0.05, 0) is 29.8 Å². The van der Waals surface area contributed by atoms with Crippen molar-refractivity contribution in [2.75, 3.05) is 26.1 Å². The number of hydrogen-bond donors (Lipinski definition) is 2. The number of methoxy groups -OCH3 is 1. The summed E-state index contributed by atoms with van der Waals surface area (Å²) in [5, 5.41) is 0. The van der Waals surface area contributed by atoms with E-state index in [1.54, 1.807) is 12.1 Å². The molecule has 29 heavy (non-hydrogen) atoms. The van der Waals surface area contributed by atoms with Gasteiger partial charge in [0, 0.05) is 25.3 Å². The first-order valence-electron chi connectivity index (χ1n) is 9.15. The van der Waals surface area contributed by atoms with Gasteiger partial charge in [-0.2, -0.15) is 0 Å². The molecule has 0 spiro atoms. The lowest BCUT2D eigenvalue weighted by Crippen LogP contribution is -2.54. The third kappa shape index (κ3) is 6.44. The number of nitrogens with zero attached hydrogens (tertiary/aromatic N) is 1. The first-order chi connectivity index (χ1) is 14.0. The fraction of sp³-hybridized carbons (Fsp3) is 0.273. The standard InChI is InChI=1S/C22H27N3O4/c1-5-19(29-15-16-9-7-6-8-10-16)20(22(27)28-4)23-24-21(26)17-11-13-18(14-12-17)25(2)3/h5-14,19-20,23H,1,15H2,2-4H3,(H,24,26)/t19-,20-/m1/s1. The Balaban J connectivity index is 2.01. The number of hydrogen-bond acceptors (Lipinski definition) is 6. The van der Waals surface area contributed by atoms with Crippen LogP contribution in [0.15, 0.2) is 67.3 Å². The second kappa shape index (κ2) is 11.0. The Labute approximate surface area is 171 Å². The summed E-state index contributed by atoms with van der Waals surface area (Å²) in [5.41, 5.74) is 7.64. The van der Waals surface area contributed by atoms with E-state index in [2.05, 4.69) is 17.4 Å². The molecule has 1 amide bonds. The number of hydrazine groups is 1. The van der Waals surface area contributed by atoms with Crippen molar-refractivity contribution >= 4 is 17.6 Å². The largest absolute Gasteiger partial charge is 0.468 e. The minimum absolute atomic E-state index is 0.284. The molecule has 0 aliphatic carbocycles. The molecule has 0 radical (unpaired) electrons. The second-order valence-corrected chi connectivity index (χ2v) is 6.54. The van der Waals surface area contributed by atoms with Crippen molar-refractivity contribution in [3.05, 3.63) is 78.4 Å². The van der Waals surface area contributed by atoms with Gasteiger partial charge in [-0.25, -0.2) is 5.43 Å². The summed E-state index contributed by atoms with van der Waals surface area (Å²) in [6, 6.07) is 15.7. The third-order valence-electron chi connectivity index (χ3n) is 4.29. The Kier molecular flexibility index (Phi) is 8.39. The fourth-order valence-corrected chi connectivity index (χ4v) is 2.60. The summed E-state index contributed by atoms with van der Waals surface area (Å²) < 4.78 is 10.6. The third-order valence-corrected chi connectivity index (χ3v) is 4.29. The molecule has 2 atom stereocenters. The maximum absolute atomic E-state index is 12.4. The van der Waals surface area contributed by atoms with Gasteiger partial charge in [0.1, 0.15) is 6.10 Å². The molecule has 0 bridgehead atoms. The van der Waals surface area contributed by atoms with Crippen molar-refractivity contribution in [3.8, 4) is 0 Å². The Bertz CT molecular complexity index is 807.